The number of aliphatic carboxylic acids is 1. The summed E-state index contributed by atoms with van der Waals surface area (Å²) in [5, 5.41) is 19.1. The molecule has 0 saturated carbocycles. The lowest BCUT2D eigenvalue weighted by atomic mass is 10.2. The second-order valence-electron chi connectivity index (χ2n) is 5.93. The fourth-order valence-corrected chi connectivity index (χ4v) is 2.58. The minimum atomic E-state index is -0.806. The van der Waals surface area contributed by atoms with E-state index in [-0.39, 0.29) is 13.0 Å². The van der Waals surface area contributed by atoms with E-state index in [9.17, 15) is 9.90 Å². The summed E-state index contributed by atoms with van der Waals surface area (Å²) in [6.07, 6.45) is -0.0000799. The Labute approximate surface area is 148 Å². The molecule has 134 valence electrons. The maximum Gasteiger partial charge on any atom is 0.303 e. The van der Waals surface area contributed by atoms with Crippen LogP contribution in [0.25, 0.3) is 0 Å². The molecule has 25 heavy (non-hydrogen) atoms. The predicted molar refractivity (Wildman–Crippen MR) is 97.6 cm³/mol. The summed E-state index contributed by atoms with van der Waals surface area (Å²) in [6.45, 7) is 1.67. The van der Waals surface area contributed by atoms with E-state index in [4.69, 9.17) is 9.84 Å². The van der Waals surface area contributed by atoms with E-state index in [1.165, 1.54) is 0 Å². The molecule has 0 fully saturated rings. The number of carboxylic acid groups (broad SMARTS) is 1. The fraction of sp³-hybridized carbons (Fsp3) is 0.350. The van der Waals surface area contributed by atoms with Gasteiger partial charge in [0.2, 0.25) is 0 Å². The summed E-state index contributed by atoms with van der Waals surface area (Å²) in [4.78, 5) is 12.7. The van der Waals surface area contributed by atoms with Gasteiger partial charge < -0.3 is 19.8 Å². The van der Waals surface area contributed by atoms with Gasteiger partial charge in [0, 0.05) is 25.2 Å². The SMILES string of the molecule is O=C(O)CCCN(CC(O)COCc1ccccc1)c1ccccc1. The predicted octanol–water partition coefficient (Wildman–Crippen LogP) is 2.94. The summed E-state index contributed by atoms with van der Waals surface area (Å²) < 4.78 is 5.59. The molecule has 2 aromatic carbocycles. The second-order valence-corrected chi connectivity index (χ2v) is 5.93. The topological polar surface area (TPSA) is 70.0 Å². The fourth-order valence-electron chi connectivity index (χ4n) is 2.58. The quantitative estimate of drug-likeness (QED) is 0.656. The van der Waals surface area contributed by atoms with Gasteiger partial charge in [-0.05, 0) is 24.1 Å². The van der Waals surface area contributed by atoms with Crippen LogP contribution in [0, 0.1) is 0 Å². The number of carboxylic acids is 1. The van der Waals surface area contributed by atoms with Gasteiger partial charge in [0.1, 0.15) is 0 Å². The van der Waals surface area contributed by atoms with Crippen molar-refractivity contribution in [1.82, 2.24) is 0 Å². The van der Waals surface area contributed by atoms with Crippen LogP contribution in [0.15, 0.2) is 60.7 Å². The lowest BCUT2D eigenvalue weighted by molar-refractivity contribution is -0.137. The number of para-hydroxylation sites is 1. The lowest BCUT2D eigenvalue weighted by Crippen LogP contribution is -2.35. The summed E-state index contributed by atoms with van der Waals surface area (Å²) in [7, 11) is 0. The van der Waals surface area contributed by atoms with E-state index < -0.39 is 12.1 Å². The number of benzene rings is 2. The standard InChI is InChI=1S/C20H25NO4/c22-19(16-25-15-17-8-3-1-4-9-17)14-21(13-7-12-20(23)24)18-10-5-2-6-11-18/h1-6,8-11,19,22H,7,12-16H2,(H,23,24). The third-order valence-electron chi connectivity index (χ3n) is 3.79. The molecule has 0 heterocycles. The zero-order valence-electron chi connectivity index (χ0n) is 14.3. The van der Waals surface area contributed by atoms with Crippen LogP contribution in [-0.4, -0.2) is 42.0 Å². The molecule has 0 aromatic heterocycles. The molecule has 1 unspecified atom stereocenters. The van der Waals surface area contributed by atoms with Gasteiger partial charge in [-0.2, -0.15) is 0 Å². The van der Waals surface area contributed by atoms with Gasteiger partial charge >= 0.3 is 5.97 Å². The minimum Gasteiger partial charge on any atom is -0.481 e. The van der Waals surface area contributed by atoms with E-state index >= 15 is 0 Å². The number of aliphatic hydroxyl groups excluding tert-OH is 1. The smallest absolute Gasteiger partial charge is 0.303 e. The summed E-state index contributed by atoms with van der Waals surface area (Å²) in [6, 6.07) is 19.5. The third-order valence-corrected chi connectivity index (χ3v) is 3.79. The van der Waals surface area contributed by atoms with Gasteiger partial charge in [-0.25, -0.2) is 0 Å². The molecular weight excluding hydrogens is 318 g/mol. The number of hydrogen-bond donors (Lipinski definition) is 2. The largest absolute Gasteiger partial charge is 0.481 e. The number of anilines is 1. The van der Waals surface area contributed by atoms with Crippen molar-refractivity contribution in [3.05, 3.63) is 66.2 Å². The van der Waals surface area contributed by atoms with E-state index in [2.05, 4.69) is 0 Å². The molecule has 0 spiro atoms. The first-order valence-electron chi connectivity index (χ1n) is 8.46. The Balaban J connectivity index is 1.83. The van der Waals surface area contributed by atoms with E-state index in [0.29, 0.717) is 26.1 Å². The molecule has 0 radical (unpaired) electrons. The first-order chi connectivity index (χ1) is 12.1. The Morgan fingerprint density at radius 1 is 1.04 bits per heavy atom. The minimum absolute atomic E-state index is 0.115. The number of hydrogen-bond acceptors (Lipinski definition) is 4. The maximum absolute atomic E-state index is 10.7. The van der Waals surface area contributed by atoms with Crippen molar-refractivity contribution in [2.75, 3.05) is 24.6 Å². The summed E-state index contributed by atoms with van der Waals surface area (Å²) >= 11 is 0. The Morgan fingerprint density at radius 2 is 1.68 bits per heavy atom. The molecule has 5 nitrogen and oxygen atoms in total. The zero-order valence-corrected chi connectivity index (χ0v) is 14.3. The van der Waals surface area contributed by atoms with Crippen LogP contribution in [0.2, 0.25) is 0 Å². The Bertz CT molecular complexity index is 618. The van der Waals surface area contributed by atoms with Crippen molar-refractivity contribution in [2.24, 2.45) is 0 Å². The first kappa shape index (κ1) is 19.0. The Morgan fingerprint density at radius 3 is 2.32 bits per heavy atom. The Kier molecular flexibility index (Phi) is 7.95. The molecule has 0 aliphatic heterocycles. The second kappa shape index (κ2) is 10.5. The van der Waals surface area contributed by atoms with E-state index in [1.54, 1.807) is 0 Å². The van der Waals surface area contributed by atoms with Crippen LogP contribution in [0.4, 0.5) is 5.69 Å². The molecule has 0 amide bonds. The first-order valence-corrected chi connectivity index (χ1v) is 8.46. The normalized spacial score (nSPS) is 11.9. The molecular formula is C20H25NO4. The highest BCUT2D eigenvalue weighted by molar-refractivity contribution is 5.66. The van der Waals surface area contributed by atoms with Crippen molar-refractivity contribution in [3.8, 4) is 0 Å². The van der Waals surface area contributed by atoms with Crippen molar-refractivity contribution in [2.45, 2.75) is 25.6 Å². The highest BCUT2D eigenvalue weighted by Gasteiger charge is 2.13. The van der Waals surface area contributed by atoms with Crippen LogP contribution in [0.3, 0.4) is 0 Å². The molecule has 0 aliphatic rings. The van der Waals surface area contributed by atoms with Crippen LogP contribution in [-0.2, 0) is 16.1 Å². The molecule has 0 bridgehead atoms. The van der Waals surface area contributed by atoms with Gasteiger partial charge in [-0.15, -0.1) is 0 Å². The highest BCUT2D eigenvalue weighted by Crippen LogP contribution is 2.15. The van der Waals surface area contributed by atoms with Crippen LogP contribution >= 0.6 is 0 Å². The lowest BCUT2D eigenvalue weighted by Gasteiger charge is -2.27. The number of rotatable bonds is 11. The van der Waals surface area contributed by atoms with Crippen molar-refractivity contribution < 1.29 is 19.7 Å². The number of aliphatic hydroxyl groups is 1. The van der Waals surface area contributed by atoms with E-state index in [1.807, 2.05) is 65.6 Å². The maximum atomic E-state index is 10.7. The Hall–Kier alpha value is -2.37. The van der Waals surface area contributed by atoms with Gasteiger partial charge in [0.25, 0.3) is 0 Å². The molecule has 2 N–H and O–H groups in total. The van der Waals surface area contributed by atoms with Crippen molar-refractivity contribution in [1.29, 1.82) is 0 Å². The molecule has 2 aromatic rings. The number of nitrogens with zero attached hydrogens (tertiary/aromatic N) is 1. The third kappa shape index (κ3) is 7.37. The van der Waals surface area contributed by atoms with Gasteiger partial charge in [0.05, 0.1) is 19.3 Å². The van der Waals surface area contributed by atoms with Gasteiger partial charge in [0.15, 0.2) is 0 Å². The van der Waals surface area contributed by atoms with E-state index in [0.717, 1.165) is 11.3 Å². The monoisotopic (exact) mass is 343 g/mol. The molecule has 2 rings (SSSR count). The van der Waals surface area contributed by atoms with Crippen LogP contribution < -0.4 is 4.90 Å². The molecule has 5 heteroatoms. The van der Waals surface area contributed by atoms with Crippen molar-refractivity contribution >= 4 is 11.7 Å². The highest BCUT2D eigenvalue weighted by atomic mass is 16.5. The van der Waals surface area contributed by atoms with Crippen molar-refractivity contribution in [3.63, 3.8) is 0 Å². The molecule has 0 saturated heterocycles. The average Bonchev–Trinajstić information content (AvgIpc) is 2.62. The zero-order chi connectivity index (χ0) is 17.9. The van der Waals surface area contributed by atoms with Crippen LogP contribution in [0.1, 0.15) is 18.4 Å². The average molecular weight is 343 g/mol. The van der Waals surface area contributed by atoms with Gasteiger partial charge in [-0.1, -0.05) is 48.5 Å². The summed E-state index contributed by atoms with van der Waals surface area (Å²) in [5.74, 6) is -0.806. The molecule has 1 atom stereocenters. The van der Waals surface area contributed by atoms with Crippen LogP contribution in [0.5, 0.6) is 0 Å². The summed E-state index contributed by atoms with van der Waals surface area (Å²) in [5.41, 5.74) is 2.03. The number of carbonyl (C=O) groups is 1. The van der Waals surface area contributed by atoms with Gasteiger partial charge in [-0.3, -0.25) is 4.79 Å². The molecule has 0 aliphatic carbocycles. The number of ether oxygens (including phenoxy) is 1.